The lowest BCUT2D eigenvalue weighted by Gasteiger charge is -2.36. The van der Waals surface area contributed by atoms with Crippen LogP contribution in [0.3, 0.4) is 0 Å². The molecule has 0 saturated heterocycles. The van der Waals surface area contributed by atoms with Crippen molar-refractivity contribution in [3.63, 3.8) is 0 Å². The molecule has 0 unspecified atom stereocenters. The maximum absolute atomic E-state index is 12.3. The van der Waals surface area contributed by atoms with E-state index in [9.17, 15) is 4.79 Å². The fourth-order valence-corrected chi connectivity index (χ4v) is 3.81. The van der Waals surface area contributed by atoms with Gasteiger partial charge in [0, 0.05) is 12.5 Å². The van der Waals surface area contributed by atoms with E-state index in [0.29, 0.717) is 13.2 Å². The fraction of sp³-hybridized carbons (Fsp3) is 0.321. The zero-order chi connectivity index (χ0) is 23.7. The number of nitrogens with one attached hydrogen (secondary N) is 1. The molecule has 0 radical (unpaired) electrons. The number of hydrogen-bond acceptors (Lipinski definition) is 4. The topological polar surface area (TPSA) is 56.8 Å². The van der Waals surface area contributed by atoms with Gasteiger partial charge < -0.3 is 19.5 Å². The molecule has 5 heteroatoms. The smallest absolute Gasteiger partial charge is 0.222 e. The first-order valence-electron chi connectivity index (χ1n) is 11.3. The lowest BCUT2D eigenvalue weighted by Crippen LogP contribution is -2.37. The van der Waals surface area contributed by atoms with Crippen molar-refractivity contribution >= 4 is 5.91 Å². The van der Waals surface area contributed by atoms with Crippen LogP contribution in [0.1, 0.15) is 37.0 Å². The van der Waals surface area contributed by atoms with E-state index in [1.54, 1.807) is 14.2 Å². The van der Waals surface area contributed by atoms with Crippen molar-refractivity contribution < 1.29 is 19.0 Å². The van der Waals surface area contributed by atoms with Gasteiger partial charge in [-0.3, -0.25) is 4.79 Å². The third-order valence-corrected chi connectivity index (χ3v) is 5.95. The number of methoxy groups -OCH3 is 2. The molecule has 0 saturated carbocycles. The number of amides is 1. The van der Waals surface area contributed by atoms with Crippen LogP contribution in [-0.4, -0.2) is 33.3 Å². The van der Waals surface area contributed by atoms with Crippen molar-refractivity contribution in [1.29, 1.82) is 0 Å². The molecule has 0 aliphatic carbocycles. The molecule has 0 spiro atoms. The quantitative estimate of drug-likeness (QED) is 0.325. The molecule has 1 N–H and O–H groups in total. The molecular formula is C28H33NO4. The number of benzene rings is 3. The molecule has 0 aliphatic rings. The van der Waals surface area contributed by atoms with Crippen LogP contribution in [0.2, 0.25) is 0 Å². The van der Waals surface area contributed by atoms with Gasteiger partial charge in [0.05, 0.1) is 20.8 Å². The van der Waals surface area contributed by atoms with E-state index in [1.807, 2.05) is 80.6 Å². The summed E-state index contributed by atoms with van der Waals surface area (Å²) in [7, 11) is 3.30. The third-order valence-electron chi connectivity index (χ3n) is 5.95. The van der Waals surface area contributed by atoms with Crippen molar-refractivity contribution in [2.45, 2.75) is 25.9 Å². The molecule has 0 aromatic heterocycles. The minimum Gasteiger partial charge on any atom is -0.497 e. The second kappa shape index (κ2) is 11.5. The van der Waals surface area contributed by atoms with Crippen LogP contribution in [0.15, 0.2) is 78.9 Å². The summed E-state index contributed by atoms with van der Waals surface area (Å²) in [6, 6.07) is 25.9. The lowest BCUT2D eigenvalue weighted by molar-refractivity contribution is -0.125. The van der Waals surface area contributed by atoms with E-state index in [-0.39, 0.29) is 11.8 Å². The van der Waals surface area contributed by atoms with Gasteiger partial charge in [0.15, 0.2) is 0 Å². The minimum atomic E-state index is -0.874. The first kappa shape index (κ1) is 24.3. The second-order valence-corrected chi connectivity index (χ2v) is 7.95. The maximum Gasteiger partial charge on any atom is 0.222 e. The summed E-state index contributed by atoms with van der Waals surface area (Å²) < 4.78 is 17.5. The van der Waals surface area contributed by atoms with Crippen LogP contribution < -0.4 is 14.8 Å². The Balaban J connectivity index is 2.03. The Morgan fingerprint density at radius 2 is 1.30 bits per heavy atom. The zero-order valence-electron chi connectivity index (χ0n) is 19.8. The molecule has 174 valence electrons. The number of ether oxygens (including phenoxy) is 3. The second-order valence-electron chi connectivity index (χ2n) is 7.95. The van der Waals surface area contributed by atoms with Gasteiger partial charge in [-0.15, -0.1) is 0 Å². The molecule has 3 aromatic rings. The molecule has 0 fully saturated rings. The highest BCUT2D eigenvalue weighted by molar-refractivity contribution is 5.78. The highest BCUT2D eigenvalue weighted by atomic mass is 16.5. The Hall–Kier alpha value is -3.31. The average Bonchev–Trinajstić information content (AvgIpc) is 2.89. The van der Waals surface area contributed by atoms with Gasteiger partial charge in [-0.2, -0.15) is 0 Å². The Morgan fingerprint density at radius 3 is 1.76 bits per heavy atom. The maximum atomic E-state index is 12.3. The fourth-order valence-electron chi connectivity index (χ4n) is 3.81. The molecule has 3 aromatic carbocycles. The standard InChI is InChI=1S/C28H33NO4/c1-5-21(2)27(30)29-19-20-33-28(22-9-7-6-8-10-22,23-11-15-25(31-3)16-12-23)24-13-17-26(32-4)18-14-24/h6-18,21H,5,19-20H2,1-4H3,(H,29,30)/t21-/m0/s1. The predicted molar refractivity (Wildman–Crippen MR) is 131 cm³/mol. The molecule has 1 atom stereocenters. The van der Waals surface area contributed by atoms with Gasteiger partial charge in [-0.25, -0.2) is 0 Å². The highest BCUT2D eigenvalue weighted by Gasteiger charge is 2.37. The van der Waals surface area contributed by atoms with Crippen molar-refractivity contribution in [2.75, 3.05) is 27.4 Å². The van der Waals surface area contributed by atoms with E-state index >= 15 is 0 Å². The molecule has 0 aliphatic heterocycles. The molecular weight excluding hydrogens is 414 g/mol. The summed E-state index contributed by atoms with van der Waals surface area (Å²) in [6.07, 6.45) is 0.804. The van der Waals surface area contributed by atoms with Crippen LogP contribution in [0.25, 0.3) is 0 Å². The molecule has 0 heterocycles. The molecule has 1 amide bonds. The SMILES string of the molecule is CC[C@H](C)C(=O)NCCOC(c1ccccc1)(c1ccc(OC)cc1)c1ccc(OC)cc1. The van der Waals surface area contributed by atoms with Crippen LogP contribution in [-0.2, 0) is 15.1 Å². The normalized spacial score (nSPS) is 12.1. The lowest BCUT2D eigenvalue weighted by atomic mass is 9.80. The van der Waals surface area contributed by atoms with E-state index in [0.717, 1.165) is 34.6 Å². The highest BCUT2D eigenvalue weighted by Crippen LogP contribution is 2.41. The number of rotatable bonds is 11. The van der Waals surface area contributed by atoms with Crippen LogP contribution in [0.5, 0.6) is 11.5 Å². The Labute approximate surface area is 196 Å². The summed E-state index contributed by atoms with van der Waals surface area (Å²) in [5.74, 6) is 1.57. The predicted octanol–water partition coefficient (Wildman–Crippen LogP) is 5.17. The number of hydrogen-bond donors (Lipinski definition) is 1. The Kier molecular flexibility index (Phi) is 8.50. The third kappa shape index (κ3) is 5.55. The summed E-state index contributed by atoms with van der Waals surface area (Å²) in [5.41, 5.74) is 2.05. The van der Waals surface area contributed by atoms with Gasteiger partial charge in [0.25, 0.3) is 0 Å². The minimum absolute atomic E-state index is 0.0212. The monoisotopic (exact) mass is 447 g/mol. The average molecular weight is 448 g/mol. The zero-order valence-corrected chi connectivity index (χ0v) is 19.8. The molecule has 3 rings (SSSR count). The number of carbonyl (C=O) groups excluding carboxylic acids is 1. The van der Waals surface area contributed by atoms with Crippen LogP contribution in [0.4, 0.5) is 0 Å². The molecule has 0 bridgehead atoms. The Morgan fingerprint density at radius 1 is 0.818 bits per heavy atom. The van der Waals surface area contributed by atoms with Gasteiger partial charge in [0.2, 0.25) is 5.91 Å². The van der Waals surface area contributed by atoms with E-state index in [1.165, 1.54) is 0 Å². The van der Waals surface area contributed by atoms with Crippen molar-refractivity contribution in [3.05, 3.63) is 95.6 Å². The Bertz CT molecular complexity index is 953. The molecule has 33 heavy (non-hydrogen) atoms. The van der Waals surface area contributed by atoms with Crippen molar-refractivity contribution in [1.82, 2.24) is 5.32 Å². The van der Waals surface area contributed by atoms with Gasteiger partial charge in [-0.1, -0.05) is 68.4 Å². The number of carbonyl (C=O) groups is 1. The van der Waals surface area contributed by atoms with E-state index in [4.69, 9.17) is 14.2 Å². The summed E-state index contributed by atoms with van der Waals surface area (Å²) in [5, 5.41) is 2.99. The van der Waals surface area contributed by atoms with E-state index in [2.05, 4.69) is 17.4 Å². The van der Waals surface area contributed by atoms with Crippen LogP contribution >= 0.6 is 0 Å². The summed E-state index contributed by atoms with van der Waals surface area (Å²) in [6.45, 7) is 4.70. The molecule has 5 nitrogen and oxygen atoms in total. The van der Waals surface area contributed by atoms with Gasteiger partial charge in [0.1, 0.15) is 17.1 Å². The largest absolute Gasteiger partial charge is 0.497 e. The van der Waals surface area contributed by atoms with Crippen LogP contribution in [0, 0.1) is 5.92 Å². The summed E-state index contributed by atoms with van der Waals surface area (Å²) >= 11 is 0. The van der Waals surface area contributed by atoms with E-state index < -0.39 is 5.60 Å². The summed E-state index contributed by atoms with van der Waals surface area (Å²) in [4.78, 5) is 12.3. The van der Waals surface area contributed by atoms with Gasteiger partial charge >= 0.3 is 0 Å². The van der Waals surface area contributed by atoms with Crippen molar-refractivity contribution in [2.24, 2.45) is 5.92 Å². The first-order valence-corrected chi connectivity index (χ1v) is 11.3. The van der Waals surface area contributed by atoms with Crippen molar-refractivity contribution in [3.8, 4) is 11.5 Å². The van der Waals surface area contributed by atoms with Gasteiger partial charge in [-0.05, 0) is 47.4 Å². The first-order chi connectivity index (χ1) is 16.0.